The van der Waals surface area contributed by atoms with E-state index in [2.05, 4.69) is 24.5 Å². The van der Waals surface area contributed by atoms with Crippen molar-refractivity contribution in [1.82, 2.24) is 10.6 Å². The molecule has 2 amide bonds. The van der Waals surface area contributed by atoms with Gasteiger partial charge in [-0.2, -0.15) is 0 Å². The summed E-state index contributed by atoms with van der Waals surface area (Å²) in [6, 6.07) is 5.73. The molecule has 1 aromatic rings. The van der Waals surface area contributed by atoms with Gasteiger partial charge in [0.25, 0.3) is 0 Å². The summed E-state index contributed by atoms with van der Waals surface area (Å²) in [5, 5.41) is 5.22. The van der Waals surface area contributed by atoms with E-state index in [0.29, 0.717) is 11.5 Å². The van der Waals surface area contributed by atoms with Crippen molar-refractivity contribution in [1.29, 1.82) is 0 Å². The van der Waals surface area contributed by atoms with Crippen molar-refractivity contribution in [2.24, 2.45) is 17.6 Å². The van der Waals surface area contributed by atoms with E-state index in [-0.39, 0.29) is 42.8 Å². The second-order valence-electron chi connectivity index (χ2n) is 9.05. The van der Waals surface area contributed by atoms with Crippen LogP contribution in [-0.4, -0.2) is 42.0 Å². The highest BCUT2D eigenvalue weighted by molar-refractivity contribution is 6.02. The number of carbonyl (C=O) groups excluding carboxylic acids is 4. The summed E-state index contributed by atoms with van der Waals surface area (Å²) in [6.45, 7) is 11.3. The SMILES string of the molecule is CC[C@H](C)[C@H](N)C(=O)NCC(=O)N[C@@H](CCC(=O)C(C)C)C(=O)c1ccc(C(C)C)cc1. The molecular weight excluding hydrogens is 406 g/mol. The van der Waals surface area contributed by atoms with Crippen molar-refractivity contribution in [3.05, 3.63) is 35.4 Å². The summed E-state index contributed by atoms with van der Waals surface area (Å²) in [4.78, 5) is 49.8. The summed E-state index contributed by atoms with van der Waals surface area (Å²) in [7, 11) is 0. The van der Waals surface area contributed by atoms with Gasteiger partial charge in [0.05, 0.1) is 18.6 Å². The summed E-state index contributed by atoms with van der Waals surface area (Å²) in [5.74, 6) is -0.951. The van der Waals surface area contributed by atoms with Crippen LogP contribution in [0.2, 0.25) is 0 Å². The third-order valence-electron chi connectivity index (χ3n) is 5.82. The number of amides is 2. The second-order valence-corrected chi connectivity index (χ2v) is 9.05. The molecule has 0 aliphatic rings. The Morgan fingerprint density at radius 2 is 1.56 bits per heavy atom. The molecule has 0 aliphatic heterocycles. The molecule has 3 atom stereocenters. The van der Waals surface area contributed by atoms with Gasteiger partial charge >= 0.3 is 0 Å². The Morgan fingerprint density at radius 1 is 0.969 bits per heavy atom. The minimum Gasteiger partial charge on any atom is -0.346 e. The summed E-state index contributed by atoms with van der Waals surface area (Å²) in [6.07, 6.45) is 1.13. The first kappa shape index (κ1) is 27.5. The van der Waals surface area contributed by atoms with Crippen molar-refractivity contribution in [3.63, 3.8) is 0 Å². The van der Waals surface area contributed by atoms with Crippen LogP contribution in [0.4, 0.5) is 0 Å². The number of rotatable bonds is 13. The fourth-order valence-electron chi connectivity index (χ4n) is 3.12. The molecule has 4 N–H and O–H groups in total. The highest BCUT2D eigenvalue weighted by Crippen LogP contribution is 2.17. The topological polar surface area (TPSA) is 118 Å². The quantitative estimate of drug-likeness (QED) is 0.403. The molecule has 0 saturated carbocycles. The largest absolute Gasteiger partial charge is 0.346 e. The average Bonchev–Trinajstić information content (AvgIpc) is 2.78. The molecule has 32 heavy (non-hydrogen) atoms. The number of ketones is 2. The third kappa shape index (κ3) is 8.54. The molecule has 1 rings (SSSR count). The van der Waals surface area contributed by atoms with E-state index in [1.807, 2.05) is 26.0 Å². The number of benzene rings is 1. The van der Waals surface area contributed by atoms with Crippen LogP contribution >= 0.6 is 0 Å². The Kier molecular flexibility index (Phi) is 11.3. The van der Waals surface area contributed by atoms with E-state index < -0.39 is 23.9 Å². The molecule has 178 valence electrons. The van der Waals surface area contributed by atoms with Crippen LogP contribution < -0.4 is 16.4 Å². The van der Waals surface area contributed by atoms with Crippen molar-refractivity contribution in [2.45, 2.75) is 78.8 Å². The van der Waals surface area contributed by atoms with E-state index >= 15 is 0 Å². The lowest BCUT2D eigenvalue weighted by Crippen LogP contribution is -2.50. The zero-order chi connectivity index (χ0) is 24.4. The number of Topliss-reactive ketones (excluding diaryl/α,β-unsaturated/α-hetero) is 2. The first-order chi connectivity index (χ1) is 15.0. The van der Waals surface area contributed by atoms with Crippen molar-refractivity contribution in [2.75, 3.05) is 6.54 Å². The lowest BCUT2D eigenvalue weighted by molar-refractivity contribution is -0.127. The number of carbonyl (C=O) groups is 4. The van der Waals surface area contributed by atoms with Gasteiger partial charge < -0.3 is 16.4 Å². The minimum absolute atomic E-state index is 0.0109. The van der Waals surface area contributed by atoms with Gasteiger partial charge in [-0.15, -0.1) is 0 Å². The van der Waals surface area contributed by atoms with E-state index in [0.717, 1.165) is 12.0 Å². The molecule has 0 aliphatic carbocycles. The van der Waals surface area contributed by atoms with E-state index in [9.17, 15) is 19.2 Å². The zero-order valence-electron chi connectivity index (χ0n) is 20.2. The highest BCUT2D eigenvalue weighted by Gasteiger charge is 2.25. The summed E-state index contributed by atoms with van der Waals surface area (Å²) < 4.78 is 0. The molecule has 0 aromatic heterocycles. The van der Waals surface area contributed by atoms with Gasteiger partial charge in [0, 0.05) is 17.9 Å². The average molecular weight is 446 g/mol. The van der Waals surface area contributed by atoms with Crippen molar-refractivity contribution in [3.8, 4) is 0 Å². The van der Waals surface area contributed by atoms with Crippen LogP contribution in [0.3, 0.4) is 0 Å². The van der Waals surface area contributed by atoms with Gasteiger partial charge in [-0.05, 0) is 23.8 Å². The first-order valence-electron chi connectivity index (χ1n) is 11.5. The molecule has 0 radical (unpaired) electrons. The molecule has 0 spiro atoms. The number of nitrogens with one attached hydrogen (secondary N) is 2. The molecule has 7 heteroatoms. The Balaban J connectivity index is 2.86. The van der Waals surface area contributed by atoms with Gasteiger partial charge in [0.2, 0.25) is 11.8 Å². The minimum atomic E-state index is -0.852. The maximum Gasteiger partial charge on any atom is 0.239 e. The third-order valence-corrected chi connectivity index (χ3v) is 5.82. The van der Waals surface area contributed by atoms with Crippen LogP contribution in [-0.2, 0) is 14.4 Å². The predicted octanol–water partition coefficient (Wildman–Crippen LogP) is 2.97. The zero-order valence-corrected chi connectivity index (χ0v) is 20.2. The maximum atomic E-state index is 13.1. The fraction of sp³-hybridized carbons (Fsp3) is 0.600. The lowest BCUT2D eigenvalue weighted by Gasteiger charge is -2.20. The summed E-state index contributed by atoms with van der Waals surface area (Å²) in [5.41, 5.74) is 7.47. The van der Waals surface area contributed by atoms with Gasteiger partial charge in [0.15, 0.2) is 5.78 Å². The fourth-order valence-corrected chi connectivity index (χ4v) is 3.12. The van der Waals surface area contributed by atoms with E-state index in [1.54, 1.807) is 26.0 Å². The molecule has 0 unspecified atom stereocenters. The predicted molar refractivity (Wildman–Crippen MR) is 126 cm³/mol. The van der Waals surface area contributed by atoms with Crippen LogP contribution in [0.5, 0.6) is 0 Å². The maximum absolute atomic E-state index is 13.1. The van der Waals surface area contributed by atoms with Crippen molar-refractivity contribution >= 4 is 23.4 Å². The smallest absolute Gasteiger partial charge is 0.239 e. The molecular formula is C25H39N3O4. The van der Waals surface area contributed by atoms with Crippen molar-refractivity contribution < 1.29 is 19.2 Å². The number of hydrogen-bond acceptors (Lipinski definition) is 5. The van der Waals surface area contributed by atoms with E-state index in [4.69, 9.17) is 5.73 Å². The van der Waals surface area contributed by atoms with Gasteiger partial charge in [-0.25, -0.2) is 0 Å². The Labute approximate surface area is 191 Å². The molecule has 7 nitrogen and oxygen atoms in total. The van der Waals surface area contributed by atoms with Gasteiger partial charge in [0.1, 0.15) is 5.78 Å². The normalized spacial score (nSPS) is 14.0. The Morgan fingerprint density at radius 3 is 2.06 bits per heavy atom. The van der Waals surface area contributed by atoms with E-state index in [1.165, 1.54) is 0 Å². The lowest BCUT2D eigenvalue weighted by atomic mass is 9.94. The highest BCUT2D eigenvalue weighted by atomic mass is 16.2. The molecule has 0 heterocycles. The number of hydrogen-bond donors (Lipinski definition) is 3. The van der Waals surface area contributed by atoms with Crippen LogP contribution in [0.1, 0.15) is 82.6 Å². The van der Waals surface area contributed by atoms with Gasteiger partial charge in [-0.3, -0.25) is 19.2 Å². The number of nitrogens with two attached hydrogens (primary N) is 1. The second kappa shape index (κ2) is 13.1. The monoisotopic (exact) mass is 445 g/mol. The van der Waals surface area contributed by atoms with Gasteiger partial charge in [-0.1, -0.05) is 72.2 Å². The standard InChI is InChI=1S/C25H39N3O4/c1-7-17(6)23(26)25(32)27-14-22(30)28-20(12-13-21(29)16(4)5)24(31)19-10-8-18(9-11-19)15(2)3/h8-11,15-17,20,23H,7,12-14,26H2,1-6H3,(H,27,32)(H,28,30)/t17-,20-,23-/m0/s1. The first-order valence-corrected chi connectivity index (χ1v) is 11.5. The van der Waals surface area contributed by atoms with Crippen LogP contribution in [0, 0.1) is 11.8 Å². The van der Waals surface area contributed by atoms with Crippen LogP contribution in [0.25, 0.3) is 0 Å². The molecule has 0 bridgehead atoms. The Bertz CT molecular complexity index is 787. The summed E-state index contributed by atoms with van der Waals surface area (Å²) >= 11 is 0. The van der Waals surface area contributed by atoms with Crippen LogP contribution in [0.15, 0.2) is 24.3 Å². The Hall–Kier alpha value is -2.54. The molecule has 0 saturated heterocycles. The molecule has 1 aromatic carbocycles. The molecule has 0 fully saturated rings.